The van der Waals surface area contributed by atoms with Gasteiger partial charge in [-0.1, -0.05) is 30.0 Å². The van der Waals surface area contributed by atoms with Gasteiger partial charge in [-0.25, -0.2) is 0 Å². The van der Waals surface area contributed by atoms with Crippen molar-refractivity contribution in [3.8, 4) is 0 Å². The minimum absolute atomic E-state index is 0.0849. The van der Waals surface area contributed by atoms with Crippen molar-refractivity contribution in [3.05, 3.63) is 55.1 Å². The molecule has 122 valence electrons. The first-order chi connectivity index (χ1) is 11.5. The predicted molar refractivity (Wildman–Crippen MR) is 112 cm³/mol. The fourth-order valence-corrected chi connectivity index (χ4v) is 4.35. The fourth-order valence-electron chi connectivity index (χ4n) is 2.02. The van der Waals surface area contributed by atoms with Crippen LogP contribution in [-0.4, -0.2) is 27.6 Å². The number of carbonyl (C=O) groups excluding carboxylic acids is 2. The highest BCUT2D eigenvalue weighted by atomic mass is 127. The normalized spacial score (nSPS) is 16.0. The van der Waals surface area contributed by atoms with Crippen molar-refractivity contribution >= 4 is 85.8 Å². The van der Waals surface area contributed by atoms with Gasteiger partial charge in [0.05, 0.1) is 4.91 Å². The number of benzene rings is 1. The fraction of sp³-hybridized carbons (Fsp3) is 0.0625. The van der Waals surface area contributed by atoms with Crippen LogP contribution >= 0.6 is 57.9 Å². The van der Waals surface area contributed by atoms with Gasteiger partial charge in [-0.15, -0.1) is 11.3 Å². The van der Waals surface area contributed by atoms with E-state index in [2.05, 4.69) is 27.9 Å². The van der Waals surface area contributed by atoms with E-state index in [9.17, 15) is 9.59 Å². The lowest BCUT2D eigenvalue weighted by Gasteiger charge is -2.14. The molecule has 1 aliphatic heterocycles. The number of carbonyl (C=O) groups is 2. The Kier molecular flexibility index (Phi) is 5.69. The molecule has 1 saturated heterocycles. The van der Waals surface area contributed by atoms with Crippen molar-refractivity contribution < 1.29 is 9.59 Å². The number of thiophene rings is 1. The number of thioether (sulfide) groups is 1. The van der Waals surface area contributed by atoms with Crippen molar-refractivity contribution in [2.75, 3.05) is 11.9 Å². The second-order valence-corrected chi connectivity index (χ2v) is 8.74. The van der Waals surface area contributed by atoms with Gasteiger partial charge in [0.2, 0.25) is 5.91 Å². The van der Waals surface area contributed by atoms with Gasteiger partial charge in [0.25, 0.3) is 5.91 Å². The first-order valence-corrected chi connectivity index (χ1v) is 10.1. The smallest absolute Gasteiger partial charge is 0.266 e. The molecule has 2 amide bonds. The lowest BCUT2D eigenvalue weighted by molar-refractivity contribution is -0.126. The van der Waals surface area contributed by atoms with Crippen molar-refractivity contribution in [1.82, 2.24) is 4.90 Å². The molecule has 1 aromatic carbocycles. The van der Waals surface area contributed by atoms with Crippen LogP contribution in [0, 0.1) is 3.57 Å². The molecule has 0 atom stereocenters. The third-order valence-electron chi connectivity index (χ3n) is 3.12. The zero-order valence-electron chi connectivity index (χ0n) is 12.2. The predicted octanol–water partition coefficient (Wildman–Crippen LogP) is 4.19. The Hall–Kier alpha value is -1.23. The molecule has 2 aromatic rings. The molecule has 3 rings (SSSR count). The number of nitrogens with one attached hydrogen (secondary N) is 1. The van der Waals surface area contributed by atoms with E-state index in [4.69, 9.17) is 12.2 Å². The van der Waals surface area contributed by atoms with E-state index >= 15 is 0 Å². The van der Waals surface area contributed by atoms with E-state index in [-0.39, 0.29) is 18.4 Å². The standard InChI is InChI=1S/C16H11IN2O2S3/c17-10-3-5-11(6-4-10)18-14(20)9-19-15(21)13(24-16(19)22)8-12-2-1-7-23-12/h1-8H,9H2,(H,18,20). The highest BCUT2D eigenvalue weighted by molar-refractivity contribution is 14.1. The number of anilines is 1. The summed E-state index contributed by atoms with van der Waals surface area (Å²) in [6, 6.07) is 11.3. The van der Waals surface area contributed by atoms with E-state index in [0.29, 0.717) is 14.9 Å². The van der Waals surface area contributed by atoms with Gasteiger partial charge in [0, 0.05) is 14.1 Å². The summed E-state index contributed by atoms with van der Waals surface area (Å²) in [5.74, 6) is -0.499. The minimum Gasteiger partial charge on any atom is -0.325 e. The first kappa shape index (κ1) is 17.6. The third kappa shape index (κ3) is 4.24. The monoisotopic (exact) mass is 486 g/mol. The topological polar surface area (TPSA) is 49.4 Å². The Labute approximate surface area is 166 Å². The van der Waals surface area contributed by atoms with Crippen LogP contribution in [0.4, 0.5) is 5.69 Å². The van der Waals surface area contributed by atoms with E-state index in [0.717, 1.165) is 8.45 Å². The highest BCUT2D eigenvalue weighted by Crippen LogP contribution is 2.33. The van der Waals surface area contributed by atoms with E-state index in [1.165, 1.54) is 16.7 Å². The van der Waals surface area contributed by atoms with E-state index in [1.807, 2.05) is 41.8 Å². The summed E-state index contributed by atoms with van der Waals surface area (Å²) in [4.78, 5) is 27.5. The molecule has 1 N–H and O–H groups in total. The molecule has 0 spiro atoms. The zero-order chi connectivity index (χ0) is 17.1. The van der Waals surface area contributed by atoms with Crippen molar-refractivity contribution in [2.24, 2.45) is 0 Å². The molecular weight excluding hydrogens is 475 g/mol. The Morgan fingerprint density at radius 3 is 2.71 bits per heavy atom. The van der Waals surface area contributed by atoms with Crippen LogP contribution in [0.5, 0.6) is 0 Å². The van der Waals surface area contributed by atoms with Gasteiger partial charge in [-0.3, -0.25) is 14.5 Å². The molecule has 0 bridgehead atoms. The molecule has 1 aliphatic rings. The summed E-state index contributed by atoms with van der Waals surface area (Å²) in [6.45, 7) is -0.0849. The van der Waals surface area contributed by atoms with Crippen LogP contribution in [0.1, 0.15) is 4.88 Å². The Morgan fingerprint density at radius 2 is 2.04 bits per heavy atom. The second kappa shape index (κ2) is 7.77. The lowest BCUT2D eigenvalue weighted by atomic mass is 10.3. The molecular formula is C16H11IN2O2S3. The average Bonchev–Trinajstić information content (AvgIpc) is 3.14. The maximum absolute atomic E-state index is 12.4. The molecule has 0 radical (unpaired) electrons. The first-order valence-electron chi connectivity index (χ1n) is 6.87. The SMILES string of the molecule is O=C(CN1C(=O)C(=Cc2cccs2)SC1=S)Nc1ccc(I)cc1. The summed E-state index contributed by atoms with van der Waals surface area (Å²) in [7, 11) is 0. The number of amides is 2. The molecule has 8 heteroatoms. The lowest BCUT2D eigenvalue weighted by Crippen LogP contribution is -2.36. The van der Waals surface area contributed by atoms with Crippen LogP contribution in [-0.2, 0) is 9.59 Å². The van der Waals surface area contributed by atoms with Gasteiger partial charge >= 0.3 is 0 Å². The Balaban J connectivity index is 1.66. The largest absolute Gasteiger partial charge is 0.325 e. The van der Waals surface area contributed by atoms with E-state index in [1.54, 1.807) is 17.4 Å². The molecule has 0 saturated carbocycles. The minimum atomic E-state index is -0.273. The molecule has 0 aliphatic carbocycles. The maximum Gasteiger partial charge on any atom is 0.266 e. The molecule has 1 aromatic heterocycles. The number of thiocarbonyl (C=S) groups is 1. The van der Waals surface area contributed by atoms with Crippen molar-refractivity contribution in [1.29, 1.82) is 0 Å². The van der Waals surface area contributed by atoms with Crippen molar-refractivity contribution in [2.45, 2.75) is 0 Å². The Bertz CT molecular complexity index is 816. The summed E-state index contributed by atoms with van der Waals surface area (Å²) >= 11 is 10.2. The zero-order valence-corrected chi connectivity index (χ0v) is 16.8. The quantitative estimate of drug-likeness (QED) is 0.400. The molecule has 0 unspecified atom stereocenters. The molecule has 24 heavy (non-hydrogen) atoms. The molecule has 4 nitrogen and oxygen atoms in total. The summed E-state index contributed by atoms with van der Waals surface area (Å²) in [6.07, 6.45) is 1.81. The number of hydrogen-bond donors (Lipinski definition) is 1. The maximum atomic E-state index is 12.4. The van der Waals surface area contributed by atoms with Gasteiger partial charge < -0.3 is 5.32 Å². The Morgan fingerprint density at radius 1 is 1.29 bits per heavy atom. The van der Waals surface area contributed by atoms with Gasteiger partial charge in [-0.2, -0.15) is 0 Å². The van der Waals surface area contributed by atoms with Crippen LogP contribution in [0.3, 0.4) is 0 Å². The number of nitrogens with zero attached hydrogens (tertiary/aromatic N) is 1. The van der Waals surface area contributed by atoms with Crippen LogP contribution < -0.4 is 5.32 Å². The van der Waals surface area contributed by atoms with Crippen molar-refractivity contribution in [3.63, 3.8) is 0 Å². The number of hydrogen-bond acceptors (Lipinski definition) is 5. The van der Waals surface area contributed by atoms with Crippen LogP contribution in [0.15, 0.2) is 46.7 Å². The number of halogens is 1. The highest BCUT2D eigenvalue weighted by Gasteiger charge is 2.33. The van der Waals surface area contributed by atoms with Gasteiger partial charge in [0.15, 0.2) is 0 Å². The summed E-state index contributed by atoms with van der Waals surface area (Å²) in [5, 5.41) is 4.72. The van der Waals surface area contributed by atoms with Crippen LogP contribution in [0.25, 0.3) is 6.08 Å². The third-order valence-corrected chi connectivity index (χ3v) is 6.04. The van der Waals surface area contributed by atoms with E-state index < -0.39 is 0 Å². The second-order valence-electron chi connectivity index (χ2n) is 4.84. The van der Waals surface area contributed by atoms with Gasteiger partial charge in [0.1, 0.15) is 10.9 Å². The summed E-state index contributed by atoms with van der Waals surface area (Å²) < 4.78 is 1.49. The molecule has 2 heterocycles. The van der Waals surface area contributed by atoms with Gasteiger partial charge in [-0.05, 0) is 64.4 Å². The molecule has 1 fully saturated rings. The van der Waals surface area contributed by atoms with Crippen LogP contribution in [0.2, 0.25) is 0 Å². The number of rotatable bonds is 4. The average molecular weight is 486 g/mol. The summed E-state index contributed by atoms with van der Waals surface area (Å²) in [5.41, 5.74) is 0.694.